The predicted molar refractivity (Wildman–Crippen MR) is 52.5 cm³/mol. The summed E-state index contributed by atoms with van der Waals surface area (Å²) in [5, 5.41) is 0. The van der Waals surface area contributed by atoms with E-state index in [2.05, 4.69) is 0 Å². The molecule has 1 amide bonds. The van der Waals surface area contributed by atoms with Crippen LogP contribution in [0.1, 0.15) is 27.6 Å². The summed E-state index contributed by atoms with van der Waals surface area (Å²) in [6.45, 7) is 1.37. The lowest BCUT2D eigenvalue weighted by molar-refractivity contribution is 0.0939. The van der Waals surface area contributed by atoms with E-state index >= 15 is 0 Å². The van der Waals surface area contributed by atoms with Gasteiger partial charge in [0.15, 0.2) is 5.78 Å². The zero-order valence-corrected chi connectivity index (χ0v) is 7.70. The van der Waals surface area contributed by atoms with Gasteiger partial charge in [0.2, 0.25) is 0 Å². The molecule has 0 fully saturated rings. The van der Waals surface area contributed by atoms with Gasteiger partial charge in [-0.25, -0.2) is 5.84 Å². The number of rotatable bonds is 2. The number of anilines is 1. The van der Waals surface area contributed by atoms with Gasteiger partial charge in [-0.15, -0.1) is 0 Å². The summed E-state index contributed by atoms with van der Waals surface area (Å²) in [5.74, 6) is 4.24. The van der Waals surface area contributed by atoms with Crippen LogP contribution in [0.5, 0.6) is 0 Å². The summed E-state index contributed by atoms with van der Waals surface area (Å²) in [6, 6.07) is 4.48. The van der Waals surface area contributed by atoms with Gasteiger partial charge in [-0.05, 0) is 25.1 Å². The summed E-state index contributed by atoms with van der Waals surface area (Å²) >= 11 is 0. The van der Waals surface area contributed by atoms with Crippen molar-refractivity contribution in [3.63, 3.8) is 0 Å². The van der Waals surface area contributed by atoms with E-state index < -0.39 is 5.91 Å². The number of hydrogen-bond donors (Lipinski definition) is 3. The largest absolute Gasteiger partial charge is 0.399 e. The summed E-state index contributed by atoms with van der Waals surface area (Å²) < 4.78 is 0. The van der Waals surface area contributed by atoms with Crippen molar-refractivity contribution in [1.82, 2.24) is 5.43 Å². The van der Waals surface area contributed by atoms with Crippen LogP contribution in [-0.4, -0.2) is 11.7 Å². The first-order valence-corrected chi connectivity index (χ1v) is 3.97. The minimum atomic E-state index is -0.525. The predicted octanol–water partition coefficient (Wildman–Crippen LogP) is 0.0749. The normalized spacial score (nSPS) is 9.57. The molecule has 1 aromatic carbocycles. The lowest BCUT2D eigenvalue weighted by Gasteiger charge is -2.05. The Balaban J connectivity index is 3.29. The second-order valence-corrected chi connectivity index (χ2v) is 2.83. The maximum absolute atomic E-state index is 11.2. The average molecular weight is 193 g/mol. The molecule has 0 unspecified atom stereocenters. The van der Waals surface area contributed by atoms with Crippen molar-refractivity contribution >= 4 is 17.4 Å². The Bertz CT molecular complexity index is 388. The molecule has 5 heteroatoms. The standard InChI is InChI=1S/C9H11N3O2/c1-5(13)7-3-2-6(10)4-8(7)9(14)12-11/h2-4H,10-11H2,1H3,(H,12,14). The SMILES string of the molecule is CC(=O)c1ccc(N)cc1C(=O)NN. The van der Waals surface area contributed by atoms with Crippen LogP contribution in [0, 0.1) is 0 Å². The van der Waals surface area contributed by atoms with Gasteiger partial charge in [0.05, 0.1) is 5.56 Å². The molecule has 0 saturated carbocycles. The Labute approximate surface area is 81.0 Å². The highest BCUT2D eigenvalue weighted by Gasteiger charge is 2.13. The van der Waals surface area contributed by atoms with Crippen LogP contribution in [0.25, 0.3) is 0 Å². The number of nitrogens with two attached hydrogens (primary N) is 2. The number of Topliss-reactive ketones (excluding diaryl/α,β-unsaturated/α-hetero) is 1. The van der Waals surface area contributed by atoms with Gasteiger partial charge in [-0.1, -0.05) is 0 Å². The van der Waals surface area contributed by atoms with Gasteiger partial charge in [0.25, 0.3) is 5.91 Å². The Morgan fingerprint density at radius 1 is 1.29 bits per heavy atom. The molecule has 0 saturated heterocycles. The highest BCUT2D eigenvalue weighted by Crippen LogP contribution is 2.13. The van der Waals surface area contributed by atoms with Gasteiger partial charge >= 0.3 is 0 Å². The number of carbonyl (C=O) groups excluding carboxylic acids is 2. The molecule has 0 aliphatic heterocycles. The van der Waals surface area contributed by atoms with Crippen molar-refractivity contribution in [3.05, 3.63) is 29.3 Å². The number of hydrogen-bond acceptors (Lipinski definition) is 4. The first kappa shape index (κ1) is 10.2. The second-order valence-electron chi connectivity index (χ2n) is 2.83. The fourth-order valence-corrected chi connectivity index (χ4v) is 1.13. The van der Waals surface area contributed by atoms with E-state index in [-0.39, 0.29) is 11.3 Å². The number of hydrazine groups is 1. The molecule has 5 nitrogen and oxygen atoms in total. The number of carbonyl (C=O) groups is 2. The molecule has 5 N–H and O–H groups in total. The Morgan fingerprint density at radius 2 is 1.93 bits per heavy atom. The molecule has 0 aliphatic rings. The second kappa shape index (κ2) is 3.89. The van der Waals surface area contributed by atoms with E-state index in [1.807, 2.05) is 5.43 Å². The molecule has 1 aromatic rings. The topological polar surface area (TPSA) is 98.2 Å². The van der Waals surface area contributed by atoms with Gasteiger partial charge < -0.3 is 5.73 Å². The van der Waals surface area contributed by atoms with E-state index in [1.54, 1.807) is 6.07 Å². The van der Waals surface area contributed by atoms with Crippen molar-refractivity contribution < 1.29 is 9.59 Å². The van der Waals surface area contributed by atoms with Crippen LogP contribution >= 0.6 is 0 Å². The van der Waals surface area contributed by atoms with E-state index in [9.17, 15) is 9.59 Å². The van der Waals surface area contributed by atoms with Gasteiger partial charge in [-0.2, -0.15) is 0 Å². The van der Waals surface area contributed by atoms with E-state index in [1.165, 1.54) is 19.1 Å². The molecule has 0 spiro atoms. The fraction of sp³-hybridized carbons (Fsp3) is 0.111. The van der Waals surface area contributed by atoms with Gasteiger partial charge in [0, 0.05) is 11.3 Å². The molecular formula is C9H11N3O2. The number of benzene rings is 1. The molecule has 0 atom stereocenters. The highest BCUT2D eigenvalue weighted by atomic mass is 16.2. The third-order valence-electron chi connectivity index (χ3n) is 1.80. The molecule has 0 aliphatic carbocycles. The minimum Gasteiger partial charge on any atom is -0.399 e. The van der Waals surface area contributed by atoms with E-state index in [0.717, 1.165) is 0 Å². The van der Waals surface area contributed by atoms with Gasteiger partial charge in [0.1, 0.15) is 0 Å². The molecular weight excluding hydrogens is 182 g/mol. The Hall–Kier alpha value is -1.88. The number of nitrogens with one attached hydrogen (secondary N) is 1. The lowest BCUT2D eigenvalue weighted by atomic mass is 10.0. The van der Waals surface area contributed by atoms with Crippen LogP contribution in [0.2, 0.25) is 0 Å². The molecule has 0 radical (unpaired) electrons. The number of ketones is 1. The summed E-state index contributed by atoms with van der Waals surface area (Å²) in [5.41, 5.74) is 8.36. The monoisotopic (exact) mass is 193 g/mol. The molecule has 74 valence electrons. The lowest BCUT2D eigenvalue weighted by Crippen LogP contribution is -2.31. The van der Waals surface area contributed by atoms with E-state index in [4.69, 9.17) is 11.6 Å². The third kappa shape index (κ3) is 1.89. The Kier molecular flexibility index (Phi) is 2.83. The van der Waals surface area contributed by atoms with Crippen molar-refractivity contribution in [2.24, 2.45) is 5.84 Å². The van der Waals surface area contributed by atoms with Crippen LogP contribution in [0.3, 0.4) is 0 Å². The first-order chi connectivity index (χ1) is 6.56. The fourth-order valence-electron chi connectivity index (χ4n) is 1.13. The Morgan fingerprint density at radius 3 is 2.43 bits per heavy atom. The maximum atomic E-state index is 11.2. The molecule has 1 rings (SSSR count). The smallest absolute Gasteiger partial charge is 0.265 e. The van der Waals surface area contributed by atoms with Gasteiger partial charge in [-0.3, -0.25) is 15.0 Å². The molecule has 0 aromatic heterocycles. The summed E-state index contributed by atoms with van der Waals surface area (Å²) in [6.07, 6.45) is 0. The number of nitrogen functional groups attached to an aromatic ring is 2. The minimum absolute atomic E-state index is 0.194. The van der Waals surface area contributed by atoms with Crippen molar-refractivity contribution in [2.45, 2.75) is 6.92 Å². The highest BCUT2D eigenvalue weighted by molar-refractivity contribution is 6.07. The third-order valence-corrected chi connectivity index (χ3v) is 1.80. The molecule has 14 heavy (non-hydrogen) atoms. The van der Waals surface area contributed by atoms with Crippen LogP contribution in [0.4, 0.5) is 5.69 Å². The zero-order chi connectivity index (χ0) is 10.7. The van der Waals surface area contributed by atoms with Crippen LogP contribution in [0.15, 0.2) is 18.2 Å². The average Bonchev–Trinajstić information content (AvgIpc) is 2.16. The van der Waals surface area contributed by atoms with Crippen molar-refractivity contribution in [1.29, 1.82) is 0 Å². The number of amides is 1. The van der Waals surface area contributed by atoms with Crippen LogP contribution in [-0.2, 0) is 0 Å². The maximum Gasteiger partial charge on any atom is 0.265 e. The van der Waals surface area contributed by atoms with Crippen molar-refractivity contribution in [2.75, 3.05) is 5.73 Å². The zero-order valence-electron chi connectivity index (χ0n) is 7.70. The van der Waals surface area contributed by atoms with Crippen LogP contribution < -0.4 is 17.0 Å². The first-order valence-electron chi connectivity index (χ1n) is 3.97. The summed E-state index contributed by atoms with van der Waals surface area (Å²) in [4.78, 5) is 22.4. The summed E-state index contributed by atoms with van der Waals surface area (Å²) in [7, 11) is 0. The van der Waals surface area contributed by atoms with E-state index in [0.29, 0.717) is 11.3 Å². The molecule has 0 heterocycles. The molecule has 0 bridgehead atoms. The van der Waals surface area contributed by atoms with Crippen molar-refractivity contribution in [3.8, 4) is 0 Å². The quantitative estimate of drug-likeness (QED) is 0.203.